The smallest absolute Gasteiger partial charge is 0.142 e. The Hall–Kier alpha value is -3.78. The Bertz CT molecular complexity index is 1250. The Kier molecular flexibility index (Phi) is 3.95. The molecule has 0 aliphatic carbocycles. The lowest BCUT2D eigenvalue weighted by Crippen LogP contribution is -1.79. The van der Waals surface area contributed by atoms with E-state index in [1.165, 1.54) is 10.8 Å². The van der Waals surface area contributed by atoms with Gasteiger partial charge in [-0.25, -0.2) is 0 Å². The third kappa shape index (κ3) is 2.95. The number of rotatable bonds is 3. The Morgan fingerprint density at radius 1 is 0.536 bits per heavy atom. The Morgan fingerprint density at radius 3 is 2.00 bits per heavy atom. The Morgan fingerprint density at radius 2 is 1.21 bits per heavy atom. The molecule has 0 spiro atoms. The summed E-state index contributed by atoms with van der Waals surface area (Å²) in [7, 11) is 0. The summed E-state index contributed by atoms with van der Waals surface area (Å²) >= 11 is 0. The van der Waals surface area contributed by atoms with Gasteiger partial charge in [0.2, 0.25) is 0 Å². The molecule has 0 aliphatic heterocycles. The molecule has 1 aromatic heterocycles. The Balaban J connectivity index is 1.69. The number of phenols is 1. The molecule has 0 amide bonds. The van der Waals surface area contributed by atoms with Crippen LogP contribution in [0.15, 0.2) is 108 Å². The van der Waals surface area contributed by atoms with Gasteiger partial charge in [-0.2, -0.15) is 0 Å². The minimum absolute atomic E-state index is 0.242. The van der Waals surface area contributed by atoms with Crippen molar-refractivity contribution in [3.8, 4) is 39.5 Å². The predicted octanol–water partition coefficient (Wildman–Crippen LogP) is 7.14. The molecule has 2 heteroatoms. The molecule has 0 radical (unpaired) electrons. The van der Waals surface area contributed by atoms with Crippen molar-refractivity contribution in [2.24, 2.45) is 0 Å². The van der Waals surface area contributed by atoms with Gasteiger partial charge in [0.1, 0.15) is 17.3 Å². The molecular formula is C26H18O2. The lowest BCUT2D eigenvalue weighted by molar-refractivity contribution is 0.475. The highest BCUT2D eigenvalue weighted by Gasteiger charge is 2.16. The summed E-state index contributed by atoms with van der Waals surface area (Å²) in [5.74, 6) is 1.87. The van der Waals surface area contributed by atoms with Gasteiger partial charge in [0.25, 0.3) is 0 Å². The number of benzene rings is 4. The fourth-order valence-corrected chi connectivity index (χ4v) is 3.54. The summed E-state index contributed by atoms with van der Waals surface area (Å²) in [4.78, 5) is 0. The van der Waals surface area contributed by atoms with Crippen molar-refractivity contribution in [1.29, 1.82) is 0 Å². The molecule has 0 saturated carbocycles. The molecule has 0 fully saturated rings. The molecule has 4 aromatic carbocycles. The van der Waals surface area contributed by atoms with E-state index in [1.54, 1.807) is 12.1 Å². The summed E-state index contributed by atoms with van der Waals surface area (Å²) in [6, 6.07) is 34.1. The number of aromatic hydroxyl groups is 1. The predicted molar refractivity (Wildman–Crippen MR) is 114 cm³/mol. The fraction of sp³-hybridized carbons (Fsp3) is 0. The van der Waals surface area contributed by atoms with Crippen molar-refractivity contribution >= 4 is 10.8 Å². The van der Waals surface area contributed by atoms with Gasteiger partial charge in [-0.3, -0.25) is 0 Å². The molecule has 2 nitrogen and oxygen atoms in total. The highest BCUT2D eigenvalue weighted by Crippen LogP contribution is 2.39. The van der Waals surface area contributed by atoms with Crippen LogP contribution in [0.2, 0.25) is 0 Å². The third-order valence-electron chi connectivity index (χ3n) is 4.98. The van der Waals surface area contributed by atoms with Gasteiger partial charge in [-0.05, 0) is 52.7 Å². The molecule has 0 aliphatic rings. The van der Waals surface area contributed by atoms with E-state index in [0.29, 0.717) is 0 Å². The van der Waals surface area contributed by atoms with E-state index in [4.69, 9.17) is 4.42 Å². The minimum Gasteiger partial charge on any atom is -0.508 e. The van der Waals surface area contributed by atoms with Gasteiger partial charge in [0.15, 0.2) is 0 Å². The van der Waals surface area contributed by atoms with Crippen molar-refractivity contribution in [3.63, 3.8) is 0 Å². The number of hydrogen-bond acceptors (Lipinski definition) is 2. The average molecular weight is 362 g/mol. The van der Waals surface area contributed by atoms with E-state index in [2.05, 4.69) is 48.5 Å². The quantitative estimate of drug-likeness (QED) is 0.370. The van der Waals surface area contributed by atoms with Crippen LogP contribution >= 0.6 is 0 Å². The molecule has 0 bridgehead atoms. The average Bonchev–Trinajstić information content (AvgIpc) is 3.20. The maximum Gasteiger partial charge on any atom is 0.142 e. The summed E-state index contributed by atoms with van der Waals surface area (Å²) in [5, 5.41) is 12.0. The molecule has 0 saturated heterocycles. The topological polar surface area (TPSA) is 33.4 Å². The lowest BCUT2D eigenvalue weighted by atomic mass is 10.0. The van der Waals surface area contributed by atoms with Crippen LogP contribution < -0.4 is 0 Å². The first-order valence-corrected chi connectivity index (χ1v) is 9.26. The second kappa shape index (κ2) is 6.75. The number of fused-ring (bicyclic) bond motifs is 1. The van der Waals surface area contributed by atoms with Gasteiger partial charge < -0.3 is 9.52 Å². The van der Waals surface area contributed by atoms with Gasteiger partial charge >= 0.3 is 0 Å². The van der Waals surface area contributed by atoms with Gasteiger partial charge in [-0.1, -0.05) is 66.7 Å². The molecule has 1 heterocycles. The van der Waals surface area contributed by atoms with Crippen molar-refractivity contribution in [1.82, 2.24) is 0 Å². The van der Waals surface area contributed by atoms with Crippen LogP contribution in [0.25, 0.3) is 44.5 Å². The standard InChI is InChI=1S/C26H18O2/c27-23-14-12-20(13-15-23)26-24(19-7-2-1-3-8-19)17-25(28-26)22-11-10-18-6-4-5-9-21(18)16-22/h1-17,27H. The van der Waals surface area contributed by atoms with E-state index in [-0.39, 0.29) is 5.75 Å². The molecule has 1 N–H and O–H groups in total. The van der Waals surface area contributed by atoms with Crippen molar-refractivity contribution < 1.29 is 9.52 Å². The fourth-order valence-electron chi connectivity index (χ4n) is 3.54. The van der Waals surface area contributed by atoms with Crippen LogP contribution in [0.5, 0.6) is 5.75 Å². The SMILES string of the molecule is Oc1ccc(-c2oc(-c3ccc4ccccc4c3)cc2-c2ccccc2)cc1. The van der Waals surface area contributed by atoms with Crippen LogP contribution in [-0.2, 0) is 0 Å². The minimum atomic E-state index is 0.242. The third-order valence-corrected chi connectivity index (χ3v) is 4.98. The lowest BCUT2D eigenvalue weighted by Gasteiger charge is -2.03. The van der Waals surface area contributed by atoms with E-state index in [1.807, 2.05) is 42.5 Å². The zero-order chi connectivity index (χ0) is 18.9. The second-order valence-electron chi connectivity index (χ2n) is 6.83. The van der Waals surface area contributed by atoms with E-state index >= 15 is 0 Å². The first-order chi connectivity index (χ1) is 13.8. The molecular weight excluding hydrogens is 344 g/mol. The van der Waals surface area contributed by atoms with Gasteiger partial charge in [0, 0.05) is 16.7 Å². The van der Waals surface area contributed by atoms with Gasteiger partial charge in [-0.15, -0.1) is 0 Å². The van der Waals surface area contributed by atoms with Gasteiger partial charge in [0.05, 0.1) is 0 Å². The van der Waals surface area contributed by atoms with Crippen LogP contribution in [0.4, 0.5) is 0 Å². The first kappa shape index (κ1) is 16.4. The Labute approximate surface area is 163 Å². The zero-order valence-electron chi connectivity index (χ0n) is 15.2. The largest absolute Gasteiger partial charge is 0.508 e. The van der Waals surface area contributed by atoms with Crippen LogP contribution in [0, 0.1) is 0 Å². The summed E-state index contributed by atoms with van der Waals surface area (Å²) in [5.41, 5.74) is 4.11. The maximum absolute atomic E-state index is 9.64. The van der Waals surface area contributed by atoms with E-state index < -0.39 is 0 Å². The molecule has 5 aromatic rings. The summed E-state index contributed by atoms with van der Waals surface area (Å²) < 4.78 is 6.35. The van der Waals surface area contributed by atoms with E-state index in [0.717, 1.165) is 33.8 Å². The van der Waals surface area contributed by atoms with Crippen molar-refractivity contribution in [2.45, 2.75) is 0 Å². The number of hydrogen-bond donors (Lipinski definition) is 1. The highest BCUT2D eigenvalue weighted by molar-refractivity contribution is 5.89. The van der Waals surface area contributed by atoms with Crippen LogP contribution in [0.1, 0.15) is 0 Å². The maximum atomic E-state index is 9.64. The second-order valence-corrected chi connectivity index (χ2v) is 6.83. The van der Waals surface area contributed by atoms with Crippen molar-refractivity contribution in [2.75, 3.05) is 0 Å². The molecule has 5 rings (SSSR count). The van der Waals surface area contributed by atoms with Crippen LogP contribution in [0.3, 0.4) is 0 Å². The number of furan rings is 1. The molecule has 28 heavy (non-hydrogen) atoms. The molecule has 0 unspecified atom stereocenters. The monoisotopic (exact) mass is 362 g/mol. The first-order valence-electron chi connectivity index (χ1n) is 9.26. The number of phenolic OH excluding ortho intramolecular Hbond substituents is 1. The zero-order valence-corrected chi connectivity index (χ0v) is 15.2. The van der Waals surface area contributed by atoms with Crippen LogP contribution in [-0.4, -0.2) is 5.11 Å². The van der Waals surface area contributed by atoms with Crippen molar-refractivity contribution in [3.05, 3.63) is 103 Å². The summed E-state index contributed by atoms with van der Waals surface area (Å²) in [6.45, 7) is 0. The highest BCUT2D eigenvalue weighted by atomic mass is 16.3. The van der Waals surface area contributed by atoms with E-state index in [9.17, 15) is 5.11 Å². The molecule has 0 atom stereocenters. The molecule has 134 valence electrons. The normalized spacial score (nSPS) is 11.0. The summed E-state index contributed by atoms with van der Waals surface area (Å²) in [6.07, 6.45) is 0.